The van der Waals surface area contributed by atoms with Crippen LogP contribution in [0.2, 0.25) is 0 Å². The second-order valence-electron chi connectivity index (χ2n) is 9.16. The van der Waals surface area contributed by atoms with Crippen LogP contribution in [0.15, 0.2) is 71.5 Å². The highest BCUT2D eigenvalue weighted by atomic mass is 16.1. The van der Waals surface area contributed by atoms with Gasteiger partial charge in [0, 0.05) is 29.4 Å². The van der Waals surface area contributed by atoms with Gasteiger partial charge in [0.05, 0.1) is 11.2 Å². The first-order valence-corrected chi connectivity index (χ1v) is 12.1. The van der Waals surface area contributed by atoms with Gasteiger partial charge in [-0.05, 0) is 74.2 Å². The number of anilines is 1. The van der Waals surface area contributed by atoms with Gasteiger partial charge in [-0.3, -0.25) is 4.79 Å². The van der Waals surface area contributed by atoms with Crippen LogP contribution >= 0.6 is 0 Å². The standard InChI is InChI=1S/C30H34N2O/c1-5-6-7-8-15-31-25-13-14-27-29(19-25)32(26-17-22(3)16-23(4)18-26)28(20-30(27)33)24-11-9-21(2)10-12-24/h9-14,16-20,31H,5-8,15H2,1-4H3. The number of nitrogens with one attached hydrogen (secondary N) is 1. The van der Waals surface area contributed by atoms with Gasteiger partial charge in [0.15, 0.2) is 5.43 Å². The van der Waals surface area contributed by atoms with E-state index >= 15 is 0 Å². The fraction of sp³-hybridized carbons (Fsp3) is 0.300. The molecular formula is C30H34N2O. The Kier molecular flexibility index (Phi) is 6.98. The highest BCUT2D eigenvalue weighted by molar-refractivity contribution is 5.87. The molecule has 0 saturated heterocycles. The summed E-state index contributed by atoms with van der Waals surface area (Å²) in [6.45, 7) is 9.50. The second-order valence-corrected chi connectivity index (χ2v) is 9.16. The molecule has 0 atom stereocenters. The molecule has 0 saturated carbocycles. The van der Waals surface area contributed by atoms with Crippen molar-refractivity contribution >= 4 is 16.6 Å². The molecule has 0 aliphatic rings. The Morgan fingerprint density at radius 2 is 1.48 bits per heavy atom. The number of pyridine rings is 1. The van der Waals surface area contributed by atoms with Gasteiger partial charge in [0.25, 0.3) is 0 Å². The van der Waals surface area contributed by atoms with E-state index in [1.54, 1.807) is 6.07 Å². The van der Waals surface area contributed by atoms with Crippen LogP contribution in [0.3, 0.4) is 0 Å². The van der Waals surface area contributed by atoms with Gasteiger partial charge in [0.2, 0.25) is 0 Å². The zero-order chi connectivity index (χ0) is 23.4. The maximum absolute atomic E-state index is 13.2. The Balaban J connectivity index is 1.90. The Hall–Kier alpha value is -3.33. The minimum absolute atomic E-state index is 0.0516. The number of hydrogen-bond donors (Lipinski definition) is 1. The van der Waals surface area contributed by atoms with Crippen molar-refractivity contribution in [1.82, 2.24) is 4.57 Å². The molecule has 3 nitrogen and oxygen atoms in total. The number of nitrogens with zero attached hydrogens (tertiary/aromatic N) is 1. The Morgan fingerprint density at radius 3 is 2.18 bits per heavy atom. The molecular weight excluding hydrogens is 404 g/mol. The number of fused-ring (bicyclic) bond motifs is 1. The monoisotopic (exact) mass is 438 g/mol. The SMILES string of the molecule is CCCCCCNc1ccc2c(=O)cc(-c3ccc(C)cc3)n(-c3cc(C)cc(C)c3)c2c1. The van der Waals surface area contributed by atoms with Crippen LogP contribution in [0.1, 0.15) is 49.3 Å². The number of benzene rings is 3. The molecule has 170 valence electrons. The van der Waals surface area contributed by atoms with E-state index in [9.17, 15) is 4.79 Å². The van der Waals surface area contributed by atoms with Gasteiger partial charge >= 0.3 is 0 Å². The van der Waals surface area contributed by atoms with Crippen molar-refractivity contribution in [2.45, 2.75) is 53.4 Å². The lowest BCUT2D eigenvalue weighted by molar-refractivity contribution is 0.685. The van der Waals surface area contributed by atoms with Gasteiger partial charge in [-0.1, -0.05) is 62.1 Å². The summed E-state index contributed by atoms with van der Waals surface area (Å²) in [4.78, 5) is 13.2. The first-order chi connectivity index (χ1) is 16.0. The summed E-state index contributed by atoms with van der Waals surface area (Å²) in [5, 5.41) is 4.31. The van der Waals surface area contributed by atoms with E-state index < -0.39 is 0 Å². The highest BCUT2D eigenvalue weighted by Crippen LogP contribution is 2.29. The van der Waals surface area contributed by atoms with Crippen LogP contribution in [-0.4, -0.2) is 11.1 Å². The maximum Gasteiger partial charge on any atom is 0.190 e. The molecule has 0 bridgehead atoms. The van der Waals surface area contributed by atoms with E-state index in [-0.39, 0.29) is 5.43 Å². The van der Waals surface area contributed by atoms with Crippen LogP contribution in [0.25, 0.3) is 27.8 Å². The molecule has 0 radical (unpaired) electrons. The molecule has 3 aromatic carbocycles. The molecule has 4 rings (SSSR count). The molecule has 33 heavy (non-hydrogen) atoms. The number of hydrogen-bond acceptors (Lipinski definition) is 2. The summed E-state index contributed by atoms with van der Waals surface area (Å²) in [5.41, 5.74) is 8.68. The molecule has 0 spiro atoms. The summed E-state index contributed by atoms with van der Waals surface area (Å²) in [5.74, 6) is 0. The van der Waals surface area contributed by atoms with Crippen molar-refractivity contribution in [2.24, 2.45) is 0 Å². The zero-order valence-electron chi connectivity index (χ0n) is 20.2. The van der Waals surface area contributed by atoms with E-state index in [4.69, 9.17) is 0 Å². The number of unbranched alkanes of at least 4 members (excludes halogenated alkanes) is 3. The molecule has 0 aliphatic heterocycles. The van der Waals surface area contributed by atoms with Gasteiger partial charge in [0.1, 0.15) is 0 Å². The lowest BCUT2D eigenvalue weighted by Crippen LogP contribution is -2.12. The van der Waals surface area contributed by atoms with Gasteiger partial charge < -0.3 is 9.88 Å². The lowest BCUT2D eigenvalue weighted by Gasteiger charge is -2.19. The Bertz CT molecular complexity index is 1300. The third-order valence-corrected chi connectivity index (χ3v) is 6.18. The summed E-state index contributed by atoms with van der Waals surface area (Å²) >= 11 is 0. The lowest BCUT2D eigenvalue weighted by atomic mass is 10.0. The van der Waals surface area contributed by atoms with Crippen molar-refractivity contribution < 1.29 is 0 Å². The van der Waals surface area contributed by atoms with Crippen molar-refractivity contribution in [3.8, 4) is 16.9 Å². The third kappa shape index (κ3) is 5.19. The molecule has 0 unspecified atom stereocenters. The van der Waals surface area contributed by atoms with Crippen molar-refractivity contribution in [3.05, 3.63) is 93.6 Å². The number of rotatable bonds is 8. The summed E-state index contributed by atoms with van der Waals surface area (Å²) in [7, 11) is 0. The molecule has 1 N–H and O–H groups in total. The van der Waals surface area contributed by atoms with Crippen LogP contribution in [0.5, 0.6) is 0 Å². The summed E-state index contributed by atoms with van der Waals surface area (Å²) in [6, 6.07) is 22.9. The molecule has 1 heterocycles. The van der Waals surface area contributed by atoms with E-state index in [0.29, 0.717) is 0 Å². The fourth-order valence-corrected chi connectivity index (χ4v) is 4.51. The molecule has 0 aliphatic carbocycles. The average molecular weight is 439 g/mol. The molecule has 4 aromatic rings. The van der Waals surface area contributed by atoms with Crippen LogP contribution in [0, 0.1) is 20.8 Å². The predicted octanol–water partition coefficient (Wildman–Crippen LogP) is 7.58. The van der Waals surface area contributed by atoms with E-state index in [1.165, 1.54) is 36.0 Å². The number of aromatic nitrogens is 1. The first kappa shape index (κ1) is 22.8. The van der Waals surface area contributed by atoms with Crippen LogP contribution in [-0.2, 0) is 0 Å². The quantitative estimate of drug-likeness (QED) is 0.288. The van der Waals surface area contributed by atoms with Crippen molar-refractivity contribution in [3.63, 3.8) is 0 Å². The molecule has 0 fully saturated rings. The highest BCUT2D eigenvalue weighted by Gasteiger charge is 2.14. The average Bonchev–Trinajstić information content (AvgIpc) is 2.78. The predicted molar refractivity (Wildman–Crippen MR) is 142 cm³/mol. The smallest absolute Gasteiger partial charge is 0.190 e. The van der Waals surface area contributed by atoms with Crippen molar-refractivity contribution in [2.75, 3.05) is 11.9 Å². The van der Waals surface area contributed by atoms with Crippen LogP contribution in [0.4, 0.5) is 5.69 Å². The Labute approximate surface area is 197 Å². The van der Waals surface area contributed by atoms with Gasteiger partial charge in [-0.25, -0.2) is 0 Å². The minimum atomic E-state index is 0.0516. The third-order valence-electron chi connectivity index (χ3n) is 6.18. The zero-order valence-corrected chi connectivity index (χ0v) is 20.2. The largest absolute Gasteiger partial charge is 0.385 e. The molecule has 1 aromatic heterocycles. The fourth-order valence-electron chi connectivity index (χ4n) is 4.51. The molecule has 0 amide bonds. The Morgan fingerprint density at radius 1 is 0.758 bits per heavy atom. The van der Waals surface area contributed by atoms with Crippen LogP contribution < -0.4 is 10.7 Å². The van der Waals surface area contributed by atoms with Gasteiger partial charge in [-0.2, -0.15) is 0 Å². The minimum Gasteiger partial charge on any atom is -0.385 e. The summed E-state index contributed by atoms with van der Waals surface area (Å²) in [6.07, 6.45) is 4.90. The van der Waals surface area contributed by atoms with E-state index in [2.05, 4.69) is 86.1 Å². The normalized spacial score (nSPS) is 11.2. The number of aryl methyl sites for hydroxylation is 3. The maximum atomic E-state index is 13.2. The van der Waals surface area contributed by atoms with E-state index in [0.717, 1.165) is 46.5 Å². The summed E-state index contributed by atoms with van der Waals surface area (Å²) < 4.78 is 2.24. The van der Waals surface area contributed by atoms with Crippen molar-refractivity contribution in [1.29, 1.82) is 0 Å². The molecule has 3 heteroatoms. The second kappa shape index (κ2) is 10.1. The topological polar surface area (TPSA) is 34.0 Å². The van der Waals surface area contributed by atoms with Gasteiger partial charge in [-0.15, -0.1) is 0 Å². The first-order valence-electron chi connectivity index (χ1n) is 12.1. The van der Waals surface area contributed by atoms with E-state index in [1.807, 2.05) is 12.1 Å².